The lowest BCUT2D eigenvalue weighted by Crippen LogP contribution is -1.98. The number of H-pyrrole nitrogens is 1. The van der Waals surface area contributed by atoms with Gasteiger partial charge in [0, 0.05) is 0 Å². The van der Waals surface area contributed by atoms with Gasteiger partial charge in [0.25, 0.3) is 0 Å². The molecule has 12 heteroatoms. The van der Waals surface area contributed by atoms with Crippen LogP contribution in [0.25, 0.3) is 11.4 Å². The van der Waals surface area contributed by atoms with Gasteiger partial charge in [0.05, 0.1) is 9.85 Å². The van der Waals surface area contributed by atoms with Crippen molar-refractivity contribution >= 4 is 11.4 Å². The summed E-state index contributed by atoms with van der Waals surface area (Å²) >= 11 is 0. The molecule has 0 unspecified atom stereocenters. The predicted molar refractivity (Wildman–Crippen MR) is 54.4 cm³/mol. The molecule has 10 nitrogen and oxygen atoms in total. The highest BCUT2D eigenvalue weighted by molar-refractivity contribution is 5.73. The van der Waals surface area contributed by atoms with Crippen molar-refractivity contribution < 1.29 is 18.6 Å². The van der Waals surface area contributed by atoms with Gasteiger partial charge in [-0.1, -0.05) is 0 Å². The van der Waals surface area contributed by atoms with Crippen molar-refractivity contribution in [2.75, 3.05) is 0 Å². The molecule has 0 saturated heterocycles. The van der Waals surface area contributed by atoms with Crippen LogP contribution < -0.4 is 0 Å². The van der Waals surface area contributed by atoms with E-state index < -0.39 is 39.2 Å². The average Bonchev–Trinajstić information content (AvgIpc) is 2.95. The first-order valence-electron chi connectivity index (χ1n) is 4.62. The van der Waals surface area contributed by atoms with E-state index in [4.69, 9.17) is 0 Å². The molecule has 0 aliphatic carbocycles. The molecule has 0 fully saturated rings. The standard InChI is InChI=1S/C7H4F2N6O4/c8-7(9)13-2-4(15(18)19)6(12-13)5-3(14(16)17)1-10-11-5/h1-2,7H,(H,10,11). The van der Waals surface area contributed by atoms with Crippen molar-refractivity contribution in [1.29, 1.82) is 0 Å². The maximum atomic E-state index is 12.4. The molecule has 1 N–H and O–H groups in total. The average molecular weight is 274 g/mol. The lowest BCUT2D eigenvalue weighted by atomic mass is 10.2. The van der Waals surface area contributed by atoms with Gasteiger partial charge in [0.1, 0.15) is 12.4 Å². The second kappa shape index (κ2) is 4.40. The van der Waals surface area contributed by atoms with E-state index in [0.29, 0.717) is 6.20 Å². The second-order valence-corrected chi connectivity index (χ2v) is 3.25. The largest absolute Gasteiger partial charge is 0.333 e. The lowest BCUT2D eigenvalue weighted by molar-refractivity contribution is -0.386. The molecule has 0 spiro atoms. The summed E-state index contributed by atoms with van der Waals surface area (Å²) in [6, 6.07) is 0. The van der Waals surface area contributed by atoms with Gasteiger partial charge in [-0.25, -0.2) is 4.68 Å². The third-order valence-corrected chi connectivity index (χ3v) is 2.15. The zero-order chi connectivity index (χ0) is 14.2. The zero-order valence-electron chi connectivity index (χ0n) is 8.86. The van der Waals surface area contributed by atoms with E-state index >= 15 is 0 Å². The molecule has 2 aromatic rings. The summed E-state index contributed by atoms with van der Waals surface area (Å²) < 4.78 is 24.9. The molecule has 19 heavy (non-hydrogen) atoms. The fraction of sp³-hybridized carbons (Fsp3) is 0.143. The number of alkyl halides is 2. The Labute approximate surface area is 101 Å². The highest BCUT2D eigenvalue weighted by Gasteiger charge is 2.31. The van der Waals surface area contributed by atoms with Crippen LogP contribution in [0.15, 0.2) is 12.4 Å². The Morgan fingerprint density at radius 1 is 1.21 bits per heavy atom. The van der Waals surface area contributed by atoms with Crippen LogP contribution in [-0.2, 0) is 0 Å². The molecule has 0 aromatic carbocycles. The summed E-state index contributed by atoms with van der Waals surface area (Å²) in [5, 5.41) is 30.2. The fourth-order valence-corrected chi connectivity index (χ4v) is 1.38. The molecule has 2 aromatic heterocycles. The third-order valence-electron chi connectivity index (χ3n) is 2.15. The molecule has 0 aliphatic rings. The third kappa shape index (κ3) is 2.10. The highest BCUT2D eigenvalue weighted by Crippen LogP contribution is 2.33. The van der Waals surface area contributed by atoms with Crippen LogP contribution in [0.1, 0.15) is 6.55 Å². The van der Waals surface area contributed by atoms with Crippen molar-refractivity contribution in [3.63, 3.8) is 0 Å². The Kier molecular flexibility index (Phi) is 2.90. The van der Waals surface area contributed by atoms with Crippen molar-refractivity contribution in [2.45, 2.75) is 6.55 Å². The minimum atomic E-state index is -3.11. The van der Waals surface area contributed by atoms with Crippen LogP contribution in [-0.4, -0.2) is 29.8 Å². The Hall–Kier alpha value is -2.92. The zero-order valence-corrected chi connectivity index (χ0v) is 8.86. The summed E-state index contributed by atoms with van der Waals surface area (Å²) in [4.78, 5) is 19.6. The summed E-state index contributed by atoms with van der Waals surface area (Å²) in [6.45, 7) is -3.11. The van der Waals surface area contributed by atoms with Crippen LogP contribution in [0, 0.1) is 20.2 Å². The monoisotopic (exact) mass is 274 g/mol. The van der Waals surface area contributed by atoms with Gasteiger partial charge in [0.15, 0.2) is 11.4 Å². The van der Waals surface area contributed by atoms with Crippen molar-refractivity contribution in [3.05, 3.63) is 32.6 Å². The van der Waals surface area contributed by atoms with E-state index in [1.54, 1.807) is 0 Å². The second-order valence-electron chi connectivity index (χ2n) is 3.25. The molecule has 0 radical (unpaired) electrons. The smallest absolute Gasteiger partial charge is 0.278 e. The molecule has 0 atom stereocenters. The molecule has 0 aliphatic heterocycles. The number of rotatable bonds is 4. The van der Waals surface area contributed by atoms with E-state index in [9.17, 15) is 29.0 Å². The quantitative estimate of drug-likeness (QED) is 0.663. The number of aromatic nitrogens is 4. The molecule has 2 rings (SSSR count). The number of nitrogens with one attached hydrogen (secondary N) is 1. The molecule has 0 saturated carbocycles. The fourth-order valence-electron chi connectivity index (χ4n) is 1.38. The van der Waals surface area contributed by atoms with Crippen molar-refractivity contribution in [3.8, 4) is 11.4 Å². The van der Waals surface area contributed by atoms with E-state index in [2.05, 4.69) is 15.3 Å². The lowest BCUT2D eigenvalue weighted by Gasteiger charge is -1.94. The van der Waals surface area contributed by atoms with Gasteiger partial charge in [0.2, 0.25) is 0 Å². The minimum Gasteiger partial charge on any atom is -0.278 e. The van der Waals surface area contributed by atoms with E-state index in [1.165, 1.54) is 0 Å². The van der Waals surface area contributed by atoms with Crippen LogP contribution in [0.4, 0.5) is 20.2 Å². The van der Waals surface area contributed by atoms with Crippen LogP contribution in [0.3, 0.4) is 0 Å². The number of nitrogens with zero attached hydrogens (tertiary/aromatic N) is 5. The Bertz CT molecular complexity index is 650. The molecule has 2 heterocycles. The topological polar surface area (TPSA) is 133 Å². The van der Waals surface area contributed by atoms with Gasteiger partial charge in [-0.15, -0.1) is 0 Å². The minimum absolute atomic E-state index is 0.0336. The van der Waals surface area contributed by atoms with Crippen molar-refractivity contribution in [2.24, 2.45) is 0 Å². The van der Waals surface area contributed by atoms with Crippen LogP contribution in [0.5, 0.6) is 0 Å². The molecule has 100 valence electrons. The Morgan fingerprint density at radius 2 is 1.84 bits per heavy atom. The Morgan fingerprint density at radius 3 is 2.37 bits per heavy atom. The maximum absolute atomic E-state index is 12.4. The SMILES string of the molecule is O=[N+]([O-])c1c[nH]nc1-c1nn(C(F)F)cc1[N+](=O)[O-]. The molecular weight excluding hydrogens is 270 g/mol. The highest BCUT2D eigenvalue weighted by atomic mass is 19.3. The summed E-state index contributed by atoms with van der Waals surface area (Å²) in [5.74, 6) is 0. The van der Waals surface area contributed by atoms with Crippen LogP contribution in [0.2, 0.25) is 0 Å². The first-order valence-corrected chi connectivity index (χ1v) is 4.62. The van der Waals surface area contributed by atoms with Gasteiger partial charge in [-0.05, 0) is 0 Å². The summed E-state index contributed by atoms with van der Waals surface area (Å²) in [5.41, 5.74) is -2.47. The maximum Gasteiger partial charge on any atom is 0.333 e. The van der Waals surface area contributed by atoms with Gasteiger partial charge in [-0.3, -0.25) is 25.3 Å². The summed E-state index contributed by atoms with van der Waals surface area (Å²) in [6.07, 6.45) is 1.36. The molecule has 0 amide bonds. The number of aromatic amines is 1. The number of hydrogen-bond donors (Lipinski definition) is 1. The van der Waals surface area contributed by atoms with E-state index in [1.807, 2.05) is 0 Å². The van der Waals surface area contributed by atoms with Crippen LogP contribution >= 0.6 is 0 Å². The predicted octanol–water partition coefficient (Wildman–Crippen LogP) is 1.48. The van der Waals surface area contributed by atoms with Gasteiger partial charge >= 0.3 is 17.9 Å². The van der Waals surface area contributed by atoms with Gasteiger partial charge in [-0.2, -0.15) is 19.0 Å². The summed E-state index contributed by atoms with van der Waals surface area (Å²) in [7, 11) is 0. The first kappa shape index (κ1) is 12.5. The Balaban J connectivity index is 2.63. The number of halogens is 2. The molecular formula is C7H4F2N6O4. The molecule has 0 bridgehead atoms. The van der Waals surface area contributed by atoms with Gasteiger partial charge < -0.3 is 0 Å². The van der Waals surface area contributed by atoms with Crippen molar-refractivity contribution in [1.82, 2.24) is 20.0 Å². The first-order chi connectivity index (χ1) is 8.91. The van der Waals surface area contributed by atoms with E-state index in [-0.39, 0.29) is 4.68 Å². The number of nitro groups is 2. The number of hydrogen-bond acceptors (Lipinski definition) is 6. The van der Waals surface area contributed by atoms with E-state index in [0.717, 1.165) is 6.20 Å². The normalized spacial score (nSPS) is 10.9.